The average Bonchev–Trinajstić information content (AvgIpc) is 3.05. The van der Waals surface area contributed by atoms with Gasteiger partial charge in [-0.25, -0.2) is 4.79 Å². The van der Waals surface area contributed by atoms with Crippen LogP contribution in [-0.2, 0) is 14.3 Å². The lowest BCUT2D eigenvalue weighted by Crippen LogP contribution is -2.52. The van der Waals surface area contributed by atoms with E-state index in [4.69, 9.17) is 9.47 Å². The monoisotopic (exact) mass is 389 g/mol. The van der Waals surface area contributed by atoms with Crippen molar-refractivity contribution in [1.82, 2.24) is 10.2 Å². The third-order valence-electron chi connectivity index (χ3n) is 5.29. The van der Waals surface area contributed by atoms with Crippen molar-refractivity contribution < 1.29 is 19.1 Å². The summed E-state index contributed by atoms with van der Waals surface area (Å²) in [4.78, 5) is 28.3. The van der Waals surface area contributed by atoms with Crippen LogP contribution in [0.5, 0.6) is 0 Å². The second-order valence-electron chi connectivity index (χ2n) is 7.93. The SMILES string of the molecule is CC(C)CCC(=O)OC[C@H]1OC(=O)N[C@@H]1CN1CCN(c2ccccc2)CC1. The molecular formula is C21H31N3O4. The summed E-state index contributed by atoms with van der Waals surface area (Å²) in [6, 6.07) is 10.2. The minimum absolute atomic E-state index is 0.115. The van der Waals surface area contributed by atoms with Gasteiger partial charge in [0.1, 0.15) is 6.61 Å². The normalized spacial score (nSPS) is 22.8. The first kappa shape index (κ1) is 20.5. The van der Waals surface area contributed by atoms with E-state index >= 15 is 0 Å². The highest BCUT2D eigenvalue weighted by molar-refractivity contribution is 5.71. The summed E-state index contributed by atoms with van der Waals surface area (Å²) in [5.41, 5.74) is 1.24. The first-order valence-corrected chi connectivity index (χ1v) is 10.2. The number of esters is 1. The Bertz CT molecular complexity index is 644. The molecule has 1 aromatic rings. The van der Waals surface area contributed by atoms with Crippen molar-refractivity contribution in [3.8, 4) is 0 Å². The van der Waals surface area contributed by atoms with Gasteiger partial charge in [-0.3, -0.25) is 9.69 Å². The molecule has 1 aromatic carbocycles. The van der Waals surface area contributed by atoms with Crippen molar-refractivity contribution in [3.05, 3.63) is 30.3 Å². The molecule has 7 heteroatoms. The van der Waals surface area contributed by atoms with Crippen molar-refractivity contribution >= 4 is 17.7 Å². The fraction of sp³-hybridized carbons (Fsp3) is 0.619. The summed E-state index contributed by atoms with van der Waals surface area (Å²) in [6.45, 7) is 8.69. The number of rotatable bonds is 8. The maximum Gasteiger partial charge on any atom is 0.408 e. The number of alkyl carbamates (subject to hydrolysis) is 1. The molecule has 2 aliphatic heterocycles. The summed E-state index contributed by atoms with van der Waals surface area (Å²) >= 11 is 0. The highest BCUT2D eigenvalue weighted by Crippen LogP contribution is 2.17. The molecule has 0 unspecified atom stereocenters. The smallest absolute Gasteiger partial charge is 0.408 e. The molecular weight excluding hydrogens is 358 g/mol. The highest BCUT2D eigenvalue weighted by Gasteiger charge is 2.36. The van der Waals surface area contributed by atoms with E-state index in [2.05, 4.69) is 53.2 Å². The van der Waals surface area contributed by atoms with Crippen LogP contribution in [0.15, 0.2) is 30.3 Å². The Morgan fingerprint density at radius 1 is 1.21 bits per heavy atom. The molecule has 2 saturated heterocycles. The number of hydrogen-bond donors (Lipinski definition) is 1. The van der Waals surface area contributed by atoms with E-state index in [1.165, 1.54) is 5.69 Å². The molecule has 1 amide bonds. The second kappa shape index (κ2) is 9.78. The number of ether oxygens (including phenoxy) is 2. The number of hydrogen-bond acceptors (Lipinski definition) is 6. The van der Waals surface area contributed by atoms with Gasteiger partial charge in [0, 0.05) is 44.8 Å². The molecule has 2 atom stereocenters. The van der Waals surface area contributed by atoms with E-state index in [0.29, 0.717) is 18.9 Å². The van der Waals surface area contributed by atoms with Gasteiger partial charge in [0.15, 0.2) is 6.10 Å². The van der Waals surface area contributed by atoms with Crippen molar-refractivity contribution in [3.63, 3.8) is 0 Å². The zero-order chi connectivity index (χ0) is 19.9. The molecule has 7 nitrogen and oxygen atoms in total. The number of benzene rings is 1. The van der Waals surface area contributed by atoms with E-state index in [0.717, 1.165) is 32.6 Å². The third kappa shape index (κ3) is 5.86. The number of nitrogens with zero attached hydrogens (tertiary/aromatic N) is 2. The zero-order valence-corrected chi connectivity index (χ0v) is 16.8. The van der Waals surface area contributed by atoms with E-state index in [1.807, 2.05) is 6.07 Å². The Morgan fingerprint density at radius 3 is 2.61 bits per heavy atom. The van der Waals surface area contributed by atoms with Gasteiger partial charge in [-0.05, 0) is 24.5 Å². The Morgan fingerprint density at radius 2 is 1.93 bits per heavy atom. The number of anilines is 1. The number of carbonyl (C=O) groups is 2. The minimum atomic E-state index is -0.434. The lowest BCUT2D eigenvalue weighted by Gasteiger charge is -2.37. The molecule has 0 saturated carbocycles. The van der Waals surface area contributed by atoms with E-state index in [9.17, 15) is 9.59 Å². The largest absolute Gasteiger partial charge is 0.462 e. The molecule has 154 valence electrons. The molecule has 0 aromatic heterocycles. The predicted octanol–water partition coefficient (Wildman–Crippen LogP) is 2.27. The molecule has 0 aliphatic carbocycles. The predicted molar refractivity (Wildman–Crippen MR) is 107 cm³/mol. The highest BCUT2D eigenvalue weighted by atomic mass is 16.6. The molecule has 0 radical (unpaired) electrons. The van der Waals surface area contributed by atoms with Crippen LogP contribution in [0, 0.1) is 5.92 Å². The Balaban J connectivity index is 1.44. The molecule has 0 bridgehead atoms. The van der Waals surface area contributed by atoms with Gasteiger partial charge >= 0.3 is 12.1 Å². The number of amides is 1. The number of para-hydroxylation sites is 1. The fourth-order valence-electron chi connectivity index (χ4n) is 3.57. The van der Waals surface area contributed by atoms with Crippen LogP contribution in [0.1, 0.15) is 26.7 Å². The summed E-state index contributed by atoms with van der Waals surface area (Å²) < 4.78 is 10.7. The summed E-state index contributed by atoms with van der Waals surface area (Å²) in [5.74, 6) is 0.229. The first-order valence-electron chi connectivity index (χ1n) is 10.2. The van der Waals surface area contributed by atoms with Crippen molar-refractivity contribution in [2.45, 2.75) is 38.8 Å². The van der Waals surface area contributed by atoms with Crippen LogP contribution in [0.4, 0.5) is 10.5 Å². The number of cyclic esters (lactones) is 1. The third-order valence-corrected chi connectivity index (χ3v) is 5.29. The van der Waals surface area contributed by atoms with Crippen LogP contribution >= 0.6 is 0 Å². The molecule has 28 heavy (non-hydrogen) atoms. The van der Waals surface area contributed by atoms with Gasteiger partial charge in [-0.15, -0.1) is 0 Å². The summed E-state index contributed by atoms with van der Waals surface area (Å²) in [5, 5.41) is 2.86. The standard InChI is InChI=1S/C21H31N3O4/c1-16(2)8-9-20(25)27-15-19-18(22-21(26)28-19)14-23-10-12-24(13-11-23)17-6-4-3-5-7-17/h3-7,16,18-19H,8-15H2,1-2H3,(H,22,26)/t18-,19-/m1/s1. The fourth-order valence-corrected chi connectivity index (χ4v) is 3.57. The topological polar surface area (TPSA) is 71.1 Å². The van der Waals surface area contributed by atoms with Gasteiger partial charge in [0.25, 0.3) is 0 Å². The zero-order valence-electron chi connectivity index (χ0n) is 16.8. The van der Waals surface area contributed by atoms with Crippen molar-refractivity contribution in [1.29, 1.82) is 0 Å². The van der Waals surface area contributed by atoms with Crippen LogP contribution in [0.2, 0.25) is 0 Å². The second-order valence-corrected chi connectivity index (χ2v) is 7.93. The average molecular weight is 389 g/mol. The maximum atomic E-state index is 11.9. The van der Waals surface area contributed by atoms with Crippen LogP contribution in [0.3, 0.4) is 0 Å². The first-order chi connectivity index (χ1) is 13.5. The van der Waals surface area contributed by atoms with Crippen molar-refractivity contribution in [2.24, 2.45) is 5.92 Å². The number of piperazine rings is 1. The summed E-state index contributed by atoms with van der Waals surface area (Å²) in [7, 11) is 0. The van der Waals surface area contributed by atoms with Gasteiger partial charge in [0.2, 0.25) is 0 Å². The van der Waals surface area contributed by atoms with Gasteiger partial charge < -0.3 is 19.7 Å². The van der Waals surface area contributed by atoms with E-state index in [1.54, 1.807) is 0 Å². The van der Waals surface area contributed by atoms with Crippen molar-refractivity contribution in [2.75, 3.05) is 44.2 Å². The van der Waals surface area contributed by atoms with Gasteiger partial charge in [0.05, 0.1) is 6.04 Å². The van der Waals surface area contributed by atoms with E-state index < -0.39 is 12.2 Å². The molecule has 1 N–H and O–H groups in total. The van der Waals surface area contributed by atoms with Crippen LogP contribution in [-0.4, -0.2) is 68.4 Å². The summed E-state index contributed by atoms with van der Waals surface area (Å²) in [6.07, 6.45) is 0.341. The maximum absolute atomic E-state index is 11.9. The lowest BCUT2D eigenvalue weighted by molar-refractivity contribution is -0.146. The van der Waals surface area contributed by atoms with Gasteiger partial charge in [-0.1, -0.05) is 32.0 Å². The van der Waals surface area contributed by atoms with Crippen LogP contribution < -0.4 is 10.2 Å². The minimum Gasteiger partial charge on any atom is -0.462 e. The Hall–Kier alpha value is -2.28. The molecule has 2 fully saturated rings. The Labute approximate surface area is 167 Å². The van der Waals surface area contributed by atoms with Crippen LogP contribution in [0.25, 0.3) is 0 Å². The van der Waals surface area contributed by atoms with E-state index in [-0.39, 0.29) is 18.6 Å². The van der Waals surface area contributed by atoms with Gasteiger partial charge in [-0.2, -0.15) is 0 Å². The molecule has 3 rings (SSSR count). The quantitative estimate of drug-likeness (QED) is 0.688. The lowest BCUT2D eigenvalue weighted by atomic mass is 10.1. The number of nitrogens with one attached hydrogen (secondary N) is 1. The molecule has 2 aliphatic rings. The number of carbonyl (C=O) groups excluding carboxylic acids is 2. The molecule has 0 spiro atoms. The Kier molecular flexibility index (Phi) is 7.14. The molecule has 2 heterocycles.